The van der Waals surface area contributed by atoms with Gasteiger partial charge in [0.1, 0.15) is 5.78 Å². The minimum absolute atomic E-state index is 0.358. The average molecular weight is 207 g/mol. The Bertz CT molecular complexity index is 243. The van der Waals surface area contributed by atoms with Crippen molar-refractivity contribution in [2.75, 3.05) is 13.1 Å². The average Bonchev–Trinajstić information content (AvgIpc) is 2.29. The maximum Gasteiger partial charge on any atom is 0.136 e. The molecule has 0 bridgehead atoms. The first-order chi connectivity index (χ1) is 7.24. The summed E-state index contributed by atoms with van der Waals surface area (Å²) >= 11 is 0. The van der Waals surface area contributed by atoms with Crippen LogP contribution in [-0.2, 0) is 4.79 Å². The van der Waals surface area contributed by atoms with Crippen molar-refractivity contribution in [2.24, 2.45) is 0 Å². The molecule has 0 aromatic heterocycles. The van der Waals surface area contributed by atoms with Gasteiger partial charge >= 0.3 is 0 Å². The number of allylic oxidation sites excluding steroid dienone is 3. The highest BCUT2D eigenvalue weighted by molar-refractivity contribution is 5.79. The number of Topliss-reactive ketones (excluding diaryl/α,β-unsaturated/α-hetero) is 1. The molecule has 0 aliphatic carbocycles. The van der Waals surface area contributed by atoms with Crippen molar-refractivity contribution in [3.63, 3.8) is 0 Å². The van der Waals surface area contributed by atoms with Gasteiger partial charge < -0.3 is 4.90 Å². The molecule has 1 aliphatic rings. The third kappa shape index (κ3) is 5.21. The maximum absolute atomic E-state index is 11.0. The number of nitrogens with zero attached hydrogens (tertiary/aromatic N) is 1. The summed E-state index contributed by atoms with van der Waals surface area (Å²) in [5.74, 6) is 0.358. The highest BCUT2D eigenvalue weighted by Gasteiger charge is 2.15. The fourth-order valence-electron chi connectivity index (χ4n) is 1.33. The second-order valence-electron chi connectivity index (χ2n) is 3.11. The van der Waals surface area contributed by atoms with Gasteiger partial charge in [-0.2, -0.15) is 0 Å². The van der Waals surface area contributed by atoms with Crippen LogP contribution in [0.1, 0.15) is 26.7 Å². The van der Waals surface area contributed by atoms with E-state index in [1.54, 1.807) is 6.08 Å². The zero-order valence-corrected chi connectivity index (χ0v) is 9.83. The topological polar surface area (TPSA) is 20.3 Å². The van der Waals surface area contributed by atoms with E-state index in [-0.39, 0.29) is 0 Å². The molecule has 0 atom stereocenters. The number of ketones is 1. The van der Waals surface area contributed by atoms with Crippen LogP contribution in [0.3, 0.4) is 0 Å². The van der Waals surface area contributed by atoms with Gasteiger partial charge in [-0.25, -0.2) is 0 Å². The van der Waals surface area contributed by atoms with Crippen molar-refractivity contribution < 1.29 is 4.79 Å². The van der Waals surface area contributed by atoms with Gasteiger partial charge in [0.2, 0.25) is 0 Å². The van der Waals surface area contributed by atoms with Crippen LogP contribution in [0.4, 0.5) is 0 Å². The Balaban J connectivity index is 0.000000921. The Morgan fingerprint density at radius 2 is 1.87 bits per heavy atom. The molecule has 84 valence electrons. The highest BCUT2D eigenvalue weighted by atomic mass is 16.1. The number of likely N-dealkylation sites (tertiary alicyclic amines) is 1. The van der Waals surface area contributed by atoms with Gasteiger partial charge in [0.15, 0.2) is 0 Å². The predicted octanol–water partition coefficient (Wildman–Crippen LogP) is 2.93. The lowest BCUT2D eigenvalue weighted by atomic mass is 10.1. The van der Waals surface area contributed by atoms with E-state index < -0.39 is 0 Å². The van der Waals surface area contributed by atoms with Gasteiger partial charge in [0.25, 0.3) is 0 Å². The van der Waals surface area contributed by atoms with Crippen LogP contribution >= 0.6 is 0 Å². The number of hydrogen-bond acceptors (Lipinski definition) is 2. The van der Waals surface area contributed by atoms with Crippen LogP contribution in [0, 0.1) is 0 Å². The molecule has 1 fully saturated rings. The molecule has 1 rings (SSSR count). The van der Waals surface area contributed by atoms with Crippen LogP contribution in [0.25, 0.3) is 0 Å². The van der Waals surface area contributed by atoms with Crippen LogP contribution < -0.4 is 0 Å². The van der Waals surface area contributed by atoms with Gasteiger partial charge in [-0.1, -0.05) is 39.2 Å². The largest absolute Gasteiger partial charge is 0.371 e. The van der Waals surface area contributed by atoms with E-state index in [9.17, 15) is 4.79 Å². The molecule has 15 heavy (non-hydrogen) atoms. The first-order valence-corrected chi connectivity index (χ1v) is 5.48. The SMILES string of the molecule is C=C/C=C\C(=C)N1CCC(=O)CC1.CC. The molecule has 0 amide bonds. The van der Waals surface area contributed by atoms with E-state index in [2.05, 4.69) is 18.1 Å². The minimum Gasteiger partial charge on any atom is -0.371 e. The lowest BCUT2D eigenvalue weighted by Crippen LogP contribution is -2.32. The minimum atomic E-state index is 0.358. The van der Waals surface area contributed by atoms with E-state index in [4.69, 9.17) is 0 Å². The number of carbonyl (C=O) groups excluding carboxylic acids is 1. The summed E-state index contributed by atoms with van der Waals surface area (Å²) in [6.07, 6.45) is 6.81. The Labute approximate surface area is 93.0 Å². The van der Waals surface area contributed by atoms with Crippen molar-refractivity contribution in [3.8, 4) is 0 Å². The van der Waals surface area contributed by atoms with Gasteiger partial charge in [0, 0.05) is 31.6 Å². The highest BCUT2D eigenvalue weighted by Crippen LogP contribution is 2.11. The Morgan fingerprint density at radius 1 is 1.33 bits per heavy atom. The second-order valence-corrected chi connectivity index (χ2v) is 3.11. The van der Waals surface area contributed by atoms with E-state index in [1.165, 1.54) is 0 Å². The third-order valence-corrected chi connectivity index (χ3v) is 2.15. The number of piperidine rings is 1. The number of hydrogen-bond donors (Lipinski definition) is 0. The maximum atomic E-state index is 11.0. The zero-order chi connectivity index (χ0) is 11.7. The quantitative estimate of drug-likeness (QED) is 0.663. The van der Waals surface area contributed by atoms with Gasteiger partial charge in [-0.15, -0.1) is 0 Å². The molecule has 1 heterocycles. The first-order valence-electron chi connectivity index (χ1n) is 5.48. The zero-order valence-electron chi connectivity index (χ0n) is 9.83. The lowest BCUT2D eigenvalue weighted by molar-refractivity contribution is -0.121. The number of carbonyl (C=O) groups is 1. The summed E-state index contributed by atoms with van der Waals surface area (Å²) < 4.78 is 0. The molecule has 0 aromatic carbocycles. The monoisotopic (exact) mass is 207 g/mol. The molecular weight excluding hydrogens is 186 g/mol. The van der Waals surface area contributed by atoms with Gasteiger partial charge in [0.05, 0.1) is 0 Å². The standard InChI is InChI=1S/C11H15NO.C2H6/c1-3-4-5-10(2)12-8-6-11(13)7-9-12;1-2/h3-5H,1-2,6-9H2;1-2H3/b5-4-;. The Morgan fingerprint density at radius 3 is 2.33 bits per heavy atom. The molecule has 0 saturated carbocycles. The Hall–Kier alpha value is -1.31. The molecule has 2 nitrogen and oxygen atoms in total. The summed E-state index contributed by atoms with van der Waals surface area (Å²) in [4.78, 5) is 13.1. The van der Waals surface area contributed by atoms with E-state index >= 15 is 0 Å². The van der Waals surface area contributed by atoms with Crippen molar-refractivity contribution in [2.45, 2.75) is 26.7 Å². The van der Waals surface area contributed by atoms with E-state index in [1.807, 2.05) is 26.0 Å². The Kier molecular flexibility index (Phi) is 7.33. The molecule has 0 unspecified atom stereocenters. The molecular formula is C13H21NO. The summed E-state index contributed by atoms with van der Waals surface area (Å²) in [7, 11) is 0. The van der Waals surface area contributed by atoms with Crippen LogP contribution in [0.5, 0.6) is 0 Å². The predicted molar refractivity (Wildman–Crippen MR) is 65.6 cm³/mol. The van der Waals surface area contributed by atoms with Crippen LogP contribution in [0.2, 0.25) is 0 Å². The molecule has 0 spiro atoms. The van der Waals surface area contributed by atoms with Crippen LogP contribution in [-0.4, -0.2) is 23.8 Å². The summed E-state index contributed by atoms with van der Waals surface area (Å²) in [5, 5.41) is 0. The van der Waals surface area contributed by atoms with Crippen molar-refractivity contribution >= 4 is 5.78 Å². The second kappa shape index (κ2) is 8.04. The van der Waals surface area contributed by atoms with Crippen molar-refractivity contribution in [3.05, 3.63) is 37.1 Å². The fraction of sp³-hybridized carbons (Fsp3) is 0.462. The fourth-order valence-corrected chi connectivity index (χ4v) is 1.33. The first kappa shape index (κ1) is 13.7. The smallest absolute Gasteiger partial charge is 0.136 e. The number of rotatable bonds is 3. The summed E-state index contributed by atoms with van der Waals surface area (Å²) in [5.41, 5.74) is 0.965. The summed E-state index contributed by atoms with van der Waals surface area (Å²) in [6.45, 7) is 13.1. The molecule has 0 aromatic rings. The van der Waals surface area contributed by atoms with Gasteiger partial charge in [-0.05, 0) is 6.08 Å². The van der Waals surface area contributed by atoms with E-state index in [0.29, 0.717) is 18.6 Å². The third-order valence-electron chi connectivity index (χ3n) is 2.15. The van der Waals surface area contributed by atoms with Gasteiger partial charge in [-0.3, -0.25) is 4.79 Å². The molecule has 1 aliphatic heterocycles. The van der Waals surface area contributed by atoms with Crippen LogP contribution in [0.15, 0.2) is 37.1 Å². The summed E-state index contributed by atoms with van der Waals surface area (Å²) in [6, 6.07) is 0. The lowest BCUT2D eigenvalue weighted by Gasteiger charge is -2.28. The van der Waals surface area contributed by atoms with E-state index in [0.717, 1.165) is 18.8 Å². The molecule has 0 radical (unpaired) electrons. The molecule has 0 N–H and O–H groups in total. The molecule has 2 heteroatoms. The molecule has 1 saturated heterocycles. The van der Waals surface area contributed by atoms with Crippen molar-refractivity contribution in [1.82, 2.24) is 4.90 Å². The normalized spacial score (nSPS) is 15.9. The van der Waals surface area contributed by atoms with Crippen molar-refractivity contribution in [1.29, 1.82) is 0 Å².